The third kappa shape index (κ3) is 3.06. The van der Waals surface area contributed by atoms with Gasteiger partial charge in [-0.1, -0.05) is 17.7 Å². The number of benzene rings is 1. The summed E-state index contributed by atoms with van der Waals surface area (Å²) in [7, 11) is 1.84. The summed E-state index contributed by atoms with van der Waals surface area (Å²) in [5.74, 6) is -0.277. The lowest BCUT2D eigenvalue weighted by Gasteiger charge is -2.18. The highest BCUT2D eigenvalue weighted by Crippen LogP contribution is 2.26. The monoisotopic (exact) mass is 264 g/mol. The van der Waals surface area contributed by atoms with Gasteiger partial charge < -0.3 is 5.32 Å². The molecule has 0 saturated heterocycles. The molecule has 0 aliphatic carbocycles. The molecule has 0 saturated carbocycles. The Labute approximate surface area is 111 Å². The van der Waals surface area contributed by atoms with Gasteiger partial charge in [0, 0.05) is 23.5 Å². The van der Waals surface area contributed by atoms with E-state index in [0.29, 0.717) is 11.4 Å². The maximum atomic E-state index is 13.3. The minimum atomic E-state index is -0.277. The molecular weight excluding hydrogens is 251 g/mol. The molecule has 0 bridgehead atoms. The Hall–Kier alpha value is -1.45. The van der Waals surface area contributed by atoms with Gasteiger partial charge in [-0.2, -0.15) is 0 Å². The minimum Gasteiger partial charge on any atom is -0.313 e. The van der Waals surface area contributed by atoms with Gasteiger partial charge in [0.1, 0.15) is 5.82 Å². The quantitative estimate of drug-likeness (QED) is 0.916. The molecule has 0 fully saturated rings. The molecule has 1 N–H and O–H groups in total. The molecule has 0 aliphatic heterocycles. The van der Waals surface area contributed by atoms with Crippen molar-refractivity contribution in [3.63, 3.8) is 0 Å². The highest BCUT2D eigenvalue weighted by molar-refractivity contribution is 6.31. The van der Waals surface area contributed by atoms with Gasteiger partial charge in [0.25, 0.3) is 0 Å². The number of likely N-dealkylation sites (N-methyl/N-ethyl adjacent to an activating group) is 1. The van der Waals surface area contributed by atoms with E-state index in [2.05, 4.69) is 10.3 Å². The van der Waals surface area contributed by atoms with Gasteiger partial charge in [-0.3, -0.25) is 4.98 Å². The van der Waals surface area contributed by atoms with Crippen LogP contribution >= 0.6 is 11.6 Å². The predicted octanol–water partition coefficient (Wildman–Crippen LogP) is 3.38. The van der Waals surface area contributed by atoms with E-state index in [-0.39, 0.29) is 11.9 Å². The summed E-state index contributed by atoms with van der Waals surface area (Å²) in [4.78, 5) is 4.07. The molecule has 1 unspecified atom stereocenters. The van der Waals surface area contributed by atoms with Gasteiger partial charge in [0.15, 0.2) is 0 Å². The van der Waals surface area contributed by atoms with Crippen molar-refractivity contribution in [2.75, 3.05) is 7.05 Å². The van der Waals surface area contributed by atoms with E-state index < -0.39 is 0 Å². The highest BCUT2D eigenvalue weighted by atomic mass is 35.5. The molecule has 2 aromatic rings. The topological polar surface area (TPSA) is 24.9 Å². The van der Waals surface area contributed by atoms with Crippen molar-refractivity contribution >= 4 is 11.6 Å². The van der Waals surface area contributed by atoms with E-state index in [9.17, 15) is 4.39 Å². The van der Waals surface area contributed by atoms with Crippen LogP contribution in [0.15, 0.2) is 42.7 Å². The molecule has 1 aromatic carbocycles. The lowest BCUT2D eigenvalue weighted by atomic mass is 10.00. The number of hydrogen-bond donors (Lipinski definition) is 1. The second-order valence-corrected chi connectivity index (χ2v) is 4.48. The molecule has 18 heavy (non-hydrogen) atoms. The molecule has 1 aromatic heterocycles. The molecule has 94 valence electrons. The Morgan fingerprint density at radius 2 is 2.22 bits per heavy atom. The molecule has 2 nitrogen and oxygen atoms in total. The Kier molecular flexibility index (Phi) is 4.28. The van der Waals surface area contributed by atoms with Gasteiger partial charge in [-0.05, 0) is 48.9 Å². The van der Waals surface area contributed by atoms with Crippen LogP contribution in [0.1, 0.15) is 17.2 Å². The van der Waals surface area contributed by atoms with E-state index >= 15 is 0 Å². The molecule has 1 heterocycles. The van der Waals surface area contributed by atoms with Crippen molar-refractivity contribution in [1.82, 2.24) is 10.3 Å². The summed E-state index contributed by atoms with van der Waals surface area (Å²) in [5.41, 5.74) is 1.85. The standard InChI is InChI=1S/C14H14ClFN2/c1-17-14(7-10-3-2-6-18-9-10)12-8-11(16)4-5-13(12)15/h2-6,8-9,14,17H,7H2,1H3. The average Bonchev–Trinajstić information content (AvgIpc) is 2.40. The van der Waals surface area contributed by atoms with Crippen LogP contribution < -0.4 is 5.32 Å². The number of nitrogens with one attached hydrogen (secondary N) is 1. The Bertz CT molecular complexity index is 516. The average molecular weight is 265 g/mol. The van der Waals surface area contributed by atoms with E-state index in [1.54, 1.807) is 18.5 Å². The molecule has 1 atom stereocenters. The Morgan fingerprint density at radius 3 is 2.89 bits per heavy atom. The lowest BCUT2D eigenvalue weighted by Crippen LogP contribution is -2.19. The summed E-state index contributed by atoms with van der Waals surface area (Å²) in [6, 6.07) is 8.26. The number of aromatic nitrogens is 1. The van der Waals surface area contributed by atoms with Crippen LogP contribution in [0, 0.1) is 5.82 Å². The number of pyridine rings is 1. The highest BCUT2D eigenvalue weighted by Gasteiger charge is 2.14. The van der Waals surface area contributed by atoms with Crippen LogP contribution in [0.5, 0.6) is 0 Å². The van der Waals surface area contributed by atoms with Crippen molar-refractivity contribution in [3.05, 3.63) is 64.7 Å². The Balaban J connectivity index is 2.26. The van der Waals surface area contributed by atoms with E-state index in [4.69, 9.17) is 11.6 Å². The third-order valence-electron chi connectivity index (χ3n) is 2.84. The van der Waals surface area contributed by atoms with Crippen molar-refractivity contribution in [2.45, 2.75) is 12.5 Å². The zero-order chi connectivity index (χ0) is 13.0. The van der Waals surface area contributed by atoms with Crippen molar-refractivity contribution in [2.24, 2.45) is 0 Å². The molecule has 0 amide bonds. The third-order valence-corrected chi connectivity index (χ3v) is 3.19. The van der Waals surface area contributed by atoms with Crippen LogP contribution in [0.3, 0.4) is 0 Å². The van der Waals surface area contributed by atoms with Crippen molar-refractivity contribution < 1.29 is 4.39 Å². The fraction of sp³-hybridized carbons (Fsp3) is 0.214. The summed E-state index contributed by atoms with van der Waals surface area (Å²) in [6.07, 6.45) is 4.25. The molecular formula is C14H14ClFN2. The van der Waals surface area contributed by atoms with Gasteiger partial charge in [0.2, 0.25) is 0 Å². The van der Waals surface area contributed by atoms with E-state index in [1.807, 2.05) is 19.2 Å². The molecule has 0 spiro atoms. The van der Waals surface area contributed by atoms with Crippen LogP contribution in [0.4, 0.5) is 4.39 Å². The number of nitrogens with zero attached hydrogens (tertiary/aromatic N) is 1. The van der Waals surface area contributed by atoms with Gasteiger partial charge in [-0.25, -0.2) is 4.39 Å². The second-order valence-electron chi connectivity index (χ2n) is 4.07. The number of hydrogen-bond acceptors (Lipinski definition) is 2. The maximum Gasteiger partial charge on any atom is 0.123 e. The first-order chi connectivity index (χ1) is 8.70. The minimum absolute atomic E-state index is 0.0302. The van der Waals surface area contributed by atoms with Crippen LogP contribution in [0.25, 0.3) is 0 Å². The first kappa shape index (κ1) is 13.0. The fourth-order valence-electron chi connectivity index (χ4n) is 1.90. The zero-order valence-corrected chi connectivity index (χ0v) is 10.8. The zero-order valence-electron chi connectivity index (χ0n) is 10.0. The summed E-state index contributed by atoms with van der Waals surface area (Å²) in [6.45, 7) is 0. The molecule has 4 heteroatoms. The van der Waals surface area contributed by atoms with Crippen LogP contribution in [0.2, 0.25) is 5.02 Å². The van der Waals surface area contributed by atoms with E-state index in [0.717, 1.165) is 11.1 Å². The van der Waals surface area contributed by atoms with Gasteiger partial charge >= 0.3 is 0 Å². The first-order valence-corrected chi connectivity index (χ1v) is 6.09. The maximum absolute atomic E-state index is 13.3. The van der Waals surface area contributed by atoms with Crippen molar-refractivity contribution in [3.8, 4) is 0 Å². The largest absolute Gasteiger partial charge is 0.313 e. The van der Waals surface area contributed by atoms with E-state index in [1.165, 1.54) is 12.1 Å². The first-order valence-electron chi connectivity index (χ1n) is 5.72. The molecule has 2 rings (SSSR count). The van der Waals surface area contributed by atoms with Crippen LogP contribution in [-0.4, -0.2) is 12.0 Å². The van der Waals surface area contributed by atoms with Crippen LogP contribution in [-0.2, 0) is 6.42 Å². The van der Waals surface area contributed by atoms with Gasteiger partial charge in [0.05, 0.1) is 0 Å². The summed E-state index contributed by atoms with van der Waals surface area (Å²) < 4.78 is 13.3. The smallest absolute Gasteiger partial charge is 0.123 e. The van der Waals surface area contributed by atoms with Crippen molar-refractivity contribution in [1.29, 1.82) is 0 Å². The predicted molar refractivity (Wildman–Crippen MR) is 71.2 cm³/mol. The SMILES string of the molecule is CNC(Cc1cccnc1)c1cc(F)ccc1Cl. The summed E-state index contributed by atoms with van der Waals surface area (Å²) in [5, 5.41) is 3.73. The summed E-state index contributed by atoms with van der Waals surface area (Å²) >= 11 is 6.11. The number of rotatable bonds is 4. The molecule has 0 radical (unpaired) electrons. The number of halogens is 2. The fourth-order valence-corrected chi connectivity index (χ4v) is 2.15. The Morgan fingerprint density at radius 1 is 1.39 bits per heavy atom. The second kappa shape index (κ2) is 5.94. The molecule has 0 aliphatic rings. The lowest BCUT2D eigenvalue weighted by molar-refractivity contribution is 0.577. The normalized spacial score (nSPS) is 12.4. The van der Waals surface area contributed by atoms with Gasteiger partial charge in [-0.15, -0.1) is 0 Å².